The van der Waals surface area contributed by atoms with Gasteiger partial charge in [0.25, 0.3) is 10.0 Å². The van der Waals surface area contributed by atoms with Gasteiger partial charge in [0, 0.05) is 5.38 Å². The third-order valence-electron chi connectivity index (χ3n) is 3.72. The molecule has 0 amide bonds. The van der Waals surface area contributed by atoms with Crippen LogP contribution in [-0.2, 0) is 16.6 Å². The maximum absolute atomic E-state index is 13.3. The van der Waals surface area contributed by atoms with Crippen LogP contribution in [0, 0.1) is 12.7 Å². The summed E-state index contributed by atoms with van der Waals surface area (Å²) in [6, 6.07) is 11.7. The fourth-order valence-electron chi connectivity index (χ4n) is 2.50. The van der Waals surface area contributed by atoms with E-state index >= 15 is 0 Å². The van der Waals surface area contributed by atoms with Gasteiger partial charge in [-0.1, -0.05) is 12.1 Å². The van der Waals surface area contributed by atoms with E-state index in [2.05, 4.69) is 4.98 Å². The van der Waals surface area contributed by atoms with Gasteiger partial charge in [-0.15, -0.1) is 11.3 Å². The van der Waals surface area contributed by atoms with E-state index in [1.807, 2.05) is 12.3 Å². The van der Waals surface area contributed by atoms with E-state index in [0.29, 0.717) is 11.4 Å². The van der Waals surface area contributed by atoms with Crippen LogP contribution in [0.5, 0.6) is 5.75 Å². The van der Waals surface area contributed by atoms with Crippen LogP contribution in [0.1, 0.15) is 10.7 Å². The summed E-state index contributed by atoms with van der Waals surface area (Å²) >= 11 is 1.44. The van der Waals surface area contributed by atoms with Crippen molar-refractivity contribution < 1.29 is 17.5 Å². The van der Waals surface area contributed by atoms with E-state index in [-0.39, 0.29) is 17.2 Å². The van der Waals surface area contributed by atoms with Gasteiger partial charge in [0.15, 0.2) is 0 Å². The van der Waals surface area contributed by atoms with Crippen LogP contribution in [0.2, 0.25) is 0 Å². The van der Waals surface area contributed by atoms with Crippen LogP contribution in [-0.4, -0.2) is 20.5 Å². The standard InChI is InChI=1S/C18H17FN2O3S2/c1-13-20-15(12-25-13)11-21(16-9-7-14(19)8-10-16)26(22,23)18-6-4-3-5-17(18)24-2/h3-10,12H,11H2,1-2H3. The molecule has 5 nitrogen and oxygen atoms in total. The van der Waals surface area contributed by atoms with Crippen LogP contribution in [0.4, 0.5) is 10.1 Å². The Kier molecular flexibility index (Phi) is 5.24. The Morgan fingerprint density at radius 2 is 1.85 bits per heavy atom. The van der Waals surface area contributed by atoms with Crippen molar-refractivity contribution in [2.24, 2.45) is 0 Å². The number of anilines is 1. The molecule has 0 saturated carbocycles. The van der Waals surface area contributed by atoms with Crippen molar-refractivity contribution in [2.75, 3.05) is 11.4 Å². The van der Waals surface area contributed by atoms with E-state index in [4.69, 9.17) is 4.74 Å². The Morgan fingerprint density at radius 3 is 2.46 bits per heavy atom. The molecule has 0 atom stereocenters. The molecule has 0 fully saturated rings. The molecule has 26 heavy (non-hydrogen) atoms. The summed E-state index contributed by atoms with van der Waals surface area (Å²) in [5, 5.41) is 2.65. The van der Waals surface area contributed by atoms with Gasteiger partial charge in [-0.2, -0.15) is 0 Å². The highest BCUT2D eigenvalue weighted by Gasteiger charge is 2.28. The zero-order chi connectivity index (χ0) is 18.7. The third-order valence-corrected chi connectivity index (χ3v) is 6.36. The normalized spacial score (nSPS) is 11.3. The highest BCUT2D eigenvalue weighted by molar-refractivity contribution is 7.92. The number of benzene rings is 2. The molecule has 0 aliphatic rings. The Hall–Kier alpha value is -2.45. The van der Waals surface area contributed by atoms with Gasteiger partial charge in [0.05, 0.1) is 30.0 Å². The fraction of sp³-hybridized carbons (Fsp3) is 0.167. The molecule has 0 bridgehead atoms. The largest absolute Gasteiger partial charge is 0.495 e. The first-order valence-electron chi connectivity index (χ1n) is 7.74. The SMILES string of the molecule is COc1ccccc1S(=O)(=O)N(Cc1csc(C)n1)c1ccc(F)cc1. The number of para-hydroxylation sites is 1. The molecule has 0 aliphatic heterocycles. The summed E-state index contributed by atoms with van der Waals surface area (Å²) < 4.78 is 46.4. The van der Waals surface area contributed by atoms with Crippen molar-refractivity contribution in [1.82, 2.24) is 4.98 Å². The highest BCUT2D eigenvalue weighted by atomic mass is 32.2. The molecular weight excluding hydrogens is 375 g/mol. The number of sulfonamides is 1. The molecule has 0 spiro atoms. The van der Waals surface area contributed by atoms with Gasteiger partial charge in [0.2, 0.25) is 0 Å². The number of rotatable bonds is 6. The van der Waals surface area contributed by atoms with Gasteiger partial charge in [0.1, 0.15) is 16.5 Å². The van der Waals surface area contributed by atoms with E-state index in [1.165, 1.54) is 53.1 Å². The minimum atomic E-state index is -3.95. The Bertz CT molecular complexity index is 1000. The number of hydrogen-bond acceptors (Lipinski definition) is 5. The summed E-state index contributed by atoms with van der Waals surface area (Å²) in [6.45, 7) is 1.89. The van der Waals surface area contributed by atoms with Crippen LogP contribution in [0.3, 0.4) is 0 Å². The number of thiazole rings is 1. The molecule has 136 valence electrons. The molecule has 3 aromatic rings. The van der Waals surface area contributed by atoms with E-state index in [9.17, 15) is 12.8 Å². The molecule has 0 saturated heterocycles. The number of nitrogens with zero attached hydrogens (tertiary/aromatic N) is 2. The number of halogens is 1. The monoisotopic (exact) mass is 392 g/mol. The highest BCUT2D eigenvalue weighted by Crippen LogP contribution is 2.31. The van der Waals surface area contributed by atoms with Crippen LogP contribution >= 0.6 is 11.3 Å². The van der Waals surface area contributed by atoms with E-state index in [1.54, 1.807) is 18.2 Å². The molecule has 0 radical (unpaired) electrons. The van der Waals surface area contributed by atoms with Crippen LogP contribution in [0.15, 0.2) is 58.8 Å². The van der Waals surface area contributed by atoms with Gasteiger partial charge < -0.3 is 4.74 Å². The summed E-state index contributed by atoms with van der Waals surface area (Å²) in [5.74, 6) is -0.193. The summed E-state index contributed by atoms with van der Waals surface area (Å²) in [5.41, 5.74) is 0.971. The van der Waals surface area contributed by atoms with Crippen molar-refractivity contribution in [2.45, 2.75) is 18.4 Å². The fourth-order valence-corrected chi connectivity index (χ4v) is 4.70. The Labute approximate surface area is 155 Å². The zero-order valence-corrected chi connectivity index (χ0v) is 15.8. The molecule has 1 aromatic heterocycles. The lowest BCUT2D eigenvalue weighted by molar-refractivity contribution is 0.402. The maximum atomic E-state index is 13.3. The molecule has 8 heteroatoms. The van der Waals surface area contributed by atoms with Crippen molar-refractivity contribution >= 4 is 27.0 Å². The van der Waals surface area contributed by atoms with Gasteiger partial charge in [-0.05, 0) is 43.3 Å². The third kappa shape index (κ3) is 3.71. The lowest BCUT2D eigenvalue weighted by atomic mass is 10.3. The van der Waals surface area contributed by atoms with E-state index in [0.717, 1.165) is 5.01 Å². The van der Waals surface area contributed by atoms with Crippen molar-refractivity contribution in [3.63, 3.8) is 0 Å². The van der Waals surface area contributed by atoms with Crippen LogP contribution < -0.4 is 9.04 Å². The molecule has 0 unspecified atom stereocenters. The Morgan fingerprint density at radius 1 is 1.15 bits per heavy atom. The minimum Gasteiger partial charge on any atom is -0.495 e. The smallest absolute Gasteiger partial charge is 0.268 e. The second-order valence-corrected chi connectivity index (χ2v) is 8.39. The second-order valence-electron chi connectivity index (χ2n) is 5.50. The average Bonchev–Trinajstić information content (AvgIpc) is 3.05. The number of aromatic nitrogens is 1. The lowest BCUT2D eigenvalue weighted by Crippen LogP contribution is -2.31. The van der Waals surface area contributed by atoms with Crippen molar-refractivity contribution in [1.29, 1.82) is 0 Å². The van der Waals surface area contributed by atoms with Crippen molar-refractivity contribution in [3.05, 3.63) is 70.4 Å². The van der Waals surface area contributed by atoms with Gasteiger partial charge >= 0.3 is 0 Å². The first-order valence-corrected chi connectivity index (χ1v) is 10.1. The zero-order valence-electron chi connectivity index (χ0n) is 14.2. The summed E-state index contributed by atoms with van der Waals surface area (Å²) in [7, 11) is -2.53. The Balaban J connectivity index is 2.11. The predicted molar refractivity (Wildman–Crippen MR) is 99.6 cm³/mol. The second kappa shape index (κ2) is 7.43. The summed E-state index contributed by atoms with van der Waals surface area (Å²) in [6.07, 6.45) is 0. The van der Waals surface area contributed by atoms with Crippen molar-refractivity contribution in [3.8, 4) is 5.75 Å². The molecule has 1 heterocycles. The molecule has 3 rings (SSSR count). The predicted octanol–water partition coefficient (Wildman–Crippen LogP) is 3.99. The molecule has 0 N–H and O–H groups in total. The van der Waals surface area contributed by atoms with Crippen LogP contribution in [0.25, 0.3) is 0 Å². The number of ether oxygens (including phenoxy) is 1. The topological polar surface area (TPSA) is 59.5 Å². The molecular formula is C18H17FN2O3S2. The minimum absolute atomic E-state index is 0.0380. The number of hydrogen-bond donors (Lipinski definition) is 0. The maximum Gasteiger partial charge on any atom is 0.268 e. The summed E-state index contributed by atoms with van der Waals surface area (Å²) in [4.78, 5) is 4.39. The lowest BCUT2D eigenvalue weighted by Gasteiger charge is -2.24. The average molecular weight is 392 g/mol. The molecule has 0 aliphatic carbocycles. The number of methoxy groups -OCH3 is 1. The molecule has 2 aromatic carbocycles. The van der Waals surface area contributed by atoms with Gasteiger partial charge in [-0.3, -0.25) is 4.31 Å². The first kappa shape index (κ1) is 18.3. The van der Waals surface area contributed by atoms with E-state index < -0.39 is 15.8 Å². The van der Waals surface area contributed by atoms with Gasteiger partial charge in [-0.25, -0.2) is 17.8 Å². The number of aryl methyl sites for hydroxylation is 1. The first-order chi connectivity index (χ1) is 12.4. The quantitative estimate of drug-likeness (QED) is 0.636.